The zero-order chi connectivity index (χ0) is 19.2. The van der Waals surface area contributed by atoms with Crippen LogP contribution in [0.15, 0.2) is 59.3 Å². The van der Waals surface area contributed by atoms with Gasteiger partial charge in [0.05, 0.1) is 11.1 Å². The molecule has 0 saturated carbocycles. The molecule has 9 heteroatoms. The predicted molar refractivity (Wildman–Crippen MR) is 86.4 cm³/mol. The van der Waals surface area contributed by atoms with Gasteiger partial charge >= 0.3 is 12.1 Å². The van der Waals surface area contributed by atoms with E-state index >= 15 is 0 Å². The summed E-state index contributed by atoms with van der Waals surface area (Å²) in [4.78, 5) is 15.9. The van der Waals surface area contributed by atoms with Gasteiger partial charge in [-0.3, -0.25) is 9.36 Å². The topological polar surface area (TPSA) is 60.9 Å². The van der Waals surface area contributed by atoms with Crippen molar-refractivity contribution in [3.63, 3.8) is 0 Å². The van der Waals surface area contributed by atoms with Crippen LogP contribution >= 0.6 is 0 Å². The van der Waals surface area contributed by atoms with Crippen molar-refractivity contribution in [3.8, 4) is 11.4 Å². The summed E-state index contributed by atoms with van der Waals surface area (Å²) in [6.45, 7) is 0. The molecule has 0 amide bonds. The number of aromatic nitrogens is 3. The van der Waals surface area contributed by atoms with Gasteiger partial charge < -0.3 is 4.52 Å². The van der Waals surface area contributed by atoms with Crippen molar-refractivity contribution in [2.75, 3.05) is 0 Å². The maximum atomic E-state index is 13.9. The molecule has 0 fully saturated rings. The van der Waals surface area contributed by atoms with Crippen LogP contribution in [0.3, 0.4) is 0 Å². The Kier molecular flexibility index (Phi) is 3.79. The van der Waals surface area contributed by atoms with Crippen LogP contribution in [0.25, 0.3) is 22.3 Å². The van der Waals surface area contributed by atoms with Gasteiger partial charge in [-0.25, -0.2) is 4.39 Å². The average molecular weight is 375 g/mol. The molecule has 0 aliphatic heterocycles. The molecule has 4 rings (SSSR count). The Balaban J connectivity index is 1.73. The van der Waals surface area contributed by atoms with Gasteiger partial charge in [-0.05, 0) is 36.4 Å². The highest BCUT2D eigenvalue weighted by atomic mass is 19.4. The molecule has 2 aromatic heterocycles. The van der Waals surface area contributed by atoms with Gasteiger partial charge in [0.1, 0.15) is 5.82 Å². The van der Waals surface area contributed by atoms with Crippen molar-refractivity contribution in [1.29, 1.82) is 0 Å². The SMILES string of the molecule is O=C(c1ccccc1F)n1ccc2cc(-c3noc(C(F)(F)F)n3)ccc21. The first-order valence-corrected chi connectivity index (χ1v) is 7.66. The number of halogens is 4. The van der Waals surface area contributed by atoms with E-state index in [0.29, 0.717) is 10.9 Å². The zero-order valence-electron chi connectivity index (χ0n) is 13.4. The molecule has 4 aromatic rings. The first-order valence-electron chi connectivity index (χ1n) is 7.66. The molecule has 0 unspecified atom stereocenters. The number of hydrogen-bond donors (Lipinski definition) is 0. The van der Waals surface area contributed by atoms with E-state index in [-0.39, 0.29) is 17.0 Å². The minimum Gasteiger partial charge on any atom is -0.329 e. The molecule has 0 N–H and O–H groups in total. The number of nitrogens with zero attached hydrogens (tertiary/aromatic N) is 3. The Labute approximate surface area is 148 Å². The summed E-state index contributed by atoms with van der Waals surface area (Å²) in [6, 6.07) is 11.7. The van der Waals surface area contributed by atoms with Gasteiger partial charge in [0.25, 0.3) is 5.91 Å². The molecular formula is C18H9F4N3O2. The van der Waals surface area contributed by atoms with Crippen molar-refractivity contribution in [1.82, 2.24) is 14.7 Å². The second kappa shape index (κ2) is 6.04. The van der Waals surface area contributed by atoms with Gasteiger partial charge in [-0.2, -0.15) is 18.2 Å². The lowest BCUT2D eigenvalue weighted by molar-refractivity contribution is -0.159. The monoisotopic (exact) mass is 375 g/mol. The highest BCUT2D eigenvalue weighted by Crippen LogP contribution is 2.30. The summed E-state index contributed by atoms with van der Waals surface area (Å²) in [6.07, 6.45) is -3.27. The molecule has 0 radical (unpaired) electrons. The van der Waals surface area contributed by atoms with Crippen molar-refractivity contribution >= 4 is 16.8 Å². The Hall–Kier alpha value is -3.49. The summed E-state index contributed by atoms with van der Waals surface area (Å²) < 4.78 is 57.1. The fourth-order valence-corrected chi connectivity index (χ4v) is 2.68. The molecular weight excluding hydrogens is 366 g/mol. The fraction of sp³-hybridized carbons (Fsp3) is 0.0556. The molecule has 136 valence electrons. The number of carbonyl (C=O) groups excluding carboxylic acids is 1. The van der Waals surface area contributed by atoms with Gasteiger partial charge in [0.15, 0.2) is 0 Å². The Morgan fingerprint density at radius 3 is 2.56 bits per heavy atom. The third-order valence-corrected chi connectivity index (χ3v) is 3.94. The number of alkyl halides is 3. The highest BCUT2D eigenvalue weighted by molar-refractivity contribution is 6.02. The van der Waals surface area contributed by atoms with Crippen LogP contribution in [0.1, 0.15) is 16.2 Å². The molecule has 27 heavy (non-hydrogen) atoms. The quantitative estimate of drug-likeness (QED) is 0.483. The number of benzene rings is 2. The van der Waals surface area contributed by atoms with Crippen molar-refractivity contribution in [2.45, 2.75) is 6.18 Å². The Morgan fingerprint density at radius 1 is 1.07 bits per heavy atom. The van der Waals surface area contributed by atoms with E-state index in [2.05, 4.69) is 14.7 Å². The molecule has 2 heterocycles. The minimum absolute atomic E-state index is 0.0907. The Bertz CT molecular complexity index is 1160. The van der Waals surface area contributed by atoms with Crippen molar-refractivity contribution in [2.24, 2.45) is 0 Å². The van der Waals surface area contributed by atoms with E-state index in [1.165, 1.54) is 47.2 Å². The van der Waals surface area contributed by atoms with Crippen molar-refractivity contribution < 1.29 is 26.9 Å². The van der Waals surface area contributed by atoms with Crippen LogP contribution in [0.4, 0.5) is 17.6 Å². The number of carbonyl (C=O) groups is 1. The molecule has 0 saturated heterocycles. The van der Waals surface area contributed by atoms with Gasteiger partial charge in [0, 0.05) is 17.1 Å². The zero-order valence-corrected chi connectivity index (χ0v) is 13.4. The summed E-state index contributed by atoms with van der Waals surface area (Å²) >= 11 is 0. The van der Waals surface area contributed by atoms with Crippen molar-refractivity contribution in [3.05, 3.63) is 72.0 Å². The van der Waals surface area contributed by atoms with Crippen LogP contribution in [-0.2, 0) is 6.18 Å². The molecule has 0 spiro atoms. The van der Waals surface area contributed by atoms with Gasteiger partial charge in [0.2, 0.25) is 5.82 Å². The molecule has 0 bridgehead atoms. The number of hydrogen-bond acceptors (Lipinski definition) is 4. The molecule has 2 aromatic carbocycles. The minimum atomic E-state index is -4.73. The maximum Gasteiger partial charge on any atom is 0.471 e. The second-order valence-corrected chi connectivity index (χ2v) is 5.67. The molecule has 0 aliphatic carbocycles. The van der Waals surface area contributed by atoms with E-state index in [0.717, 1.165) is 0 Å². The Morgan fingerprint density at radius 2 is 1.85 bits per heavy atom. The summed E-state index contributed by atoms with van der Waals surface area (Å²) in [7, 11) is 0. The van der Waals surface area contributed by atoms with E-state index in [1.54, 1.807) is 12.1 Å². The lowest BCUT2D eigenvalue weighted by Gasteiger charge is -2.05. The summed E-state index contributed by atoms with van der Waals surface area (Å²) in [5.74, 6) is -2.87. The molecule has 0 aliphatic rings. The van der Waals surface area contributed by atoms with Crippen LogP contribution < -0.4 is 0 Å². The second-order valence-electron chi connectivity index (χ2n) is 5.67. The maximum absolute atomic E-state index is 13.9. The van der Waals surface area contributed by atoms with E-state index < -0.39 is 23.8 Å². The van der Waals surface area contributed by atoms with Gasteiger partial charge in [-0.15, -0.1) is 0 Å². The standard InChI is InChI=1S/C18H9F4N3O2/c19-13-4-2-1-3-12(13)16(26)25-8-7-10-9-11(5-6-14(10)25)15-23-17(27-24-15)18(20,21)22/h1-9H. The van der Waals surface area contributed by atoms with E-state index in [1.807, 2.05) is 0 Å². The van der Waals surface area contributed by atoms with E-state index in [9.17, 15) is 22.4 Å². The fourth-order valence-electron chi connectivity index (χ4n) is 2.68. The first kappa shape index (κ1) is 17.0. The number of rotatable bonds is 2. The largest absolute Gasteiger partial charge is 0.471 e. The van der Waals surface area contributed by atoms with E-state index in [4.69, 9.17) is 0 Å². The van der Waals surface area contributed by atoms with Crippen LogP contribution in [-0.4, -0.2) is 20.6 Å². The predicted octanol–water partition coefficient (Wildman–Crippen LogP) is 4.54. The number of fused-ring (bicyclic) bond motifs is 1. The summed E-state index contributed by atoms with van der Waals surface area (Å²) in [5.41, 5.74) is 0.663. The molecule has 0 atom stereocenters. The lowest BCUT2D eigenvalue weighted by Crippen LogP contribution is -2.12. The lowest BCUT2D eigenvalue weighted by atomic mass is 10.1. The smallest absolute Gasteiger partial charge is 0.329 e. The molecule has 5 nitrogen and oxygen atoms in total. The normalized spacial score (nSPS) is 11.9. The third-order valence-electron chi connectivity index (χ3n) is 3.94. The highest BCUT2D eigenvalue weighted by Gasteiger charge is 2.38. The van der Waals surface area contributed by atoms with Crippen LogP contribution in [0.2, 0.25) is 0 Å². The summed E-state index contributed by atoms with van der Waals surface area (Å²) in [5, 5.41) is 3.88. The third kappa shape index (κ3) is 2.97. The average Bonchev–Trinajstić information content (AvgIpc) is 3.28. The first-order chi connectivity index (χ1) is 12.8. The van der Waals surface area contributed by atoms with Crippen LogP contribution in [0, 0.1) is 5.82 Å². The van der Waals surface area contributed by atoms with Gasteiger partial charge in [-0.1, -0.05) is 17.3 Å². The van der Waals surface area contributed by atoms with Crippen LogP contribution in [0.5, 0.6) is 0 Å².